The number of hydrogen-bond donors (Lipinski definition) is 0. The summed E-state index contributed by atoms with van der Waals surface area (Å²) in [5.41, 5.74) is 2.58. The summed E-state index contributed by atoms with van der Waals surface area (Å²) in [6, 6.07) is 21.6. The number of aryl methyl sites for hydroxylation is 2. The molecule has 0 aliphatic carbocycles. The quantitative estimate of drug-likeness (QED) is 0.492. The molecular formula is C14H14Cu. The molecule has 1 heteroatoms. The third-order valence-electron chi connectivity index (χ3n) is 1.77. The van der Waals surface area contributed by atoms with Crippen LogP contribution in [-0.2, 0) is 17.1 Å². The smallest absolute Gasteiger partial charge is 0.184 e. The van der Waals surface area contributed by atoms with Crippen LogP contribution in [0.15, 0.2) is 48.5 Å². The fourth-order valence-electron chi connectivity index (χ4n) is 0.940. The monoisotopic (exact) mass is 245 g/mol. The zero-order valence-electron chi connectivity index (χ0n) is 8.92. The van der Waals surface area contributed by atoms with Gasteiger partial charge in [-0.15, -0.1) is 0 Å². The average molecular weight is 246 g/mol. The van der Waals surface area contributed by atoms with Gasteiger partial charge in [0.1, 0.15) is 0 Å². The van der Waals surface area contributed by atoms with E-state index in [4.69, 9.17) is 0 Å². The molecule has 0 saturated heterocycles. The van der Waals surface area contributed by atoms with Crippen molar-refractivity contribution in [1.82, 2.24) is 0 Å². The van der Waals surface area contributed by atoms with E-state index in [0.717, 1.165) is 0 Å². The molecule has 0 heterocycles. The summed E-state index contributed by atoms with van der Waals surface area (Å²) in [5, 5.41) is 0. The van der Waals surface area contributed by atoms with Crippen molar-refractivity contribution in [2.75, 3.05) is 0 Å². The Labute approximate surface area is 103 Å². The third-order valence-corrected chi connectivity index (χ3v) is 1.77. The Kier molecular flexibility index (Phi) is 7.71. The first-order valence-corrected chi connectivity index (χ1v) is 4.64. The van der Waals surface area contributed by atoms with Gasteiger partial charge in [-0.2, -0.15) is 71.8 Å². The van der Waals surface area contributed by atoms with Crippen LogP contribution >= 0.6 is 0 Å². The van der Waals surface area contributed by atoms with E-state index in [1.165, 1.54) is 11.1 Å². The van der Waals surface area contributed by atoms with Crippen molar-refractivity contribution in [3.63, 3.8) is 0 Å². The Morgan fingerprint density at radius 2 is 0.933 bits per heavy atom. The van der Waals surface area contributed by atoms with Gasteiger partial charge < -0.3 is 0 Å². The maximum absolute atomic E-state index is 2.93. The third kappa shape index (κ3) is 6.96. The minimum absolute atomic E-state index is 0. The second-order valence-electron chi connectivity index (χ2n) is 3.15. The summed E-state index contributed by atoms with van der Waals surface area (Å²) >= 11 is 0. The van der Waals surface area contributed by atoms with Crippen molar-refractivity contribution in [1.29, 1.82) is 0 Å². The molecule has 2 aromatic carbocycles. The number of hydrogen-bond acceptors (Lipinski definition) is 0. The van der Waals surface area contributed by atoms with Gasteiger partial charge in [0.15, 0.2) is 0 Å². The maximum atomic E-state index is 2.93. The first-order valence-electron chi connectivity index (χ1n) is 4.64. The van der Waals surface area contributed by atoms with Crippen molar-refractivity contribution < 1.29 is 17.1 Å². The van der Waals surface area contributed by atoms with E-state index in [0.29, 0.717) is 0 Å². The molecule has 0 fully saturated rings. The Bertz CT molecular complexity index is 303. The van der Waals surface area contributed by atoms with Crippen molar-refractivity contribution in [3.05, 3.63) is 71.8 Å². The van der Waals surface area contributed by atoms with Crippen molar-refractivity contribution in [2.45, 2.75) is 13.8 Å². The normalized spacial score (nSPS) is 8.13. The summed E-state index contributed by atoms with van der Waals surface area (Å²) in [7, 11) is 0. The van der Waals surface area contributed by atoms with Gasteiger partial charge in [0.2, 0.25) is 0 Å². The predicted octanol–water partition coefficient (Wildman–Crippen LogP) is 3.59. The summed E-state index contributed by atoms with van der Waals surface area (Å²) in [6.07, 6.45) is 0. The molecule has 0 aromatic heterocycles. The summed E-state index contributed by atoms with van der Waals surface area (Å²) < 4.78 is 0. The molecule has 2 aromatic rings. The largest absolute Gasteiger partial charge is 2.00 e. The van der Waals surface area contributed by atoms with Crippen LogP contribution in [0, 0.1) is 26.0 Å². The van der Waals surface area contributed by atoms with E-state index >= 15 is 0 Å². The van der Waals surface area contributed by atoms with Gasteiger partial charge in [0.25, 0.3) is 0 Å². The van der Waals surface area contributed by atoms with Gasteiger partial charge in [0.05, 0.1) is 0 Å². The van der Waals surface area contributed by atoms with E-state index < -0.39 is 0 Å². The standard InChI is InChI=1S/2C7H7.Cu/c2*1-7-5-3-2-4-6-7;/h2*3-6H,1H3;/q2*-1;+2. The van der Waals surface area contributed by atoms with E-state index in [1.54, 1.807) is 0 Å². The molecule has 0 amide bonds. The summed E-state index contributed by atoms with van der Waals surface area (Å²) in [6.45, 7) is 4.13. The summed E-state index contributed by atoms with van der Waals surface area (Å²) in [4.78, 5) is 0. The van der Waals surface area contributed by atoms with Gasteiger partial charge >= 0.3 is 17.1 Å². The summed E-state index contributed by atoms with van der Waals surface area (Å²) in [5.74, 6) is 0. The molecule has 0 nitrogen and oxygen atoms in total. The van der Waals surface area contributed by atoms with E-state index in [9.17, 15) is 0 Å². The molecule has 15 heavy (non-hydrogen) atoms. The number of benzene rings is 2. The molecule has 1 radical (unpaired) electrons. The predicted molar refractivity (Wildman–Crippen MR) is 60.0 cm³/mol. The average Bonchev–Trinajstić information content (AvgIpc) is 2.21. The van der Waals surface area contributed by atoms with Crippen LogP contribution in [0.2, 0.25) is 0 Å². The van der Waals surface area contributed by atoms with Crippen molar-refractivity contribution >= 4 is 0 Å². The van der Waals surface area contributed by atoms with E-state index in [2.05, 4.69) is 26.0 Å². The van der Waals surface area contributed by atoms with Gasteiger partial charge in [-0.05, 0) is 0 Å². The molecule has 0 aliphatic heterocycles. The maximum Gasteiger partial charge on any atom is 2.00 e. The SMILES string of the molecule is Cc1cc[c-]cc1.Cc1cc[c-]cc1.[Cu+2]. The number of rotatable bonds is 0. The van der Waals surface area contributed by atoms with Gasteiger partial charge in [-0.1, -0.05) is 13.8 Å². The molecule has 0 saturated carbocycles. The first kappa shape index (κ1) is 14.0. The second kappa shape index (κ2) is 8.28. The second-order valence-corrected chi connectivity index (χ2v) is 3.15. The molecule has 0 atom stereocenters. The molecule has 2 rings (SSSR count). The van der Waals surface area contributed by atoms with Crippen LogP contribution in [0.25, 0.3) is 0 Å². The van der Waals surface area contributed by atoms with E-state index in [1.807, 2.05) is 48.5 Å². The van der Waals surface area contributed by atoms with Crippen LogP contribution in [0.5, 0.6) is 0 Å². The topological polar surface area (TPSA) is 0 Å². The molecule has 0 spiro atoms. The van der Waals surface area contributed by atoms with E-state index in [-0.39, 0.29) is 17.1 Å². The zero-order chi connectivity index (χ0) is 10.2. The van der Waals surface area contributed by atoms with Crippen LogP contribution in [0.4, 0.5) is 0 Å². The van der Waals surface area contributed by atoms with Crippen LogP contribution in [0.3, 0.4) is 0 Å². The molecule has 0 aliphatic rings. The fraction of sp³-hybridized carbons (Fsp3) is 0.143. The van der Waals surface area contributed by atoms with Crippen LogP contribution in [0.1, 0.15) is 11.1 Å². The molecule has 0 unspecified atom stereocenters. The van der Waals surface area contributed by atoms with Gasteiger partial charge in [-0.25, -0.2) is 0 Å². The Hall–Kier alpha value is -1.04. The van der Waals surface area contributed by atoms with Crippen molar-refractivity contribution in [3.8, 4) is 0 Å². The Morgan fingerprint density at radius 1 is 0.667 bits per heavy atom. The first-order chi connectivity index (χ1) is 6.79. The van der Waals surface area contributed by atoms with Gasteiger partial charge in [0, 0.05) is 0 Å². The van der Waals surface area contributed by atoms with Crippen molar-refractivity contribution in [2.24, 2.45) is 0 Å². The Balaban J connectivity index is 0.000000245. The molecule has 0 N–H and O–H groups in total. The Morgan fingerprint density at radius 3 is 1.07 bits per heavy atom. The molecule has 0 bridgehead atoms. The minimum atomic E-state index is 0. The van der Waals surface area contributed by atoms with Crippen LogP contribution < -0.4 is 0 Å². The zero-order valence-corrected chi connectivity index (χ0v) is 9.86. The fourth-order valence-corrected chi connectivity index (χ4v) is 0.940. The molecular weight excluding hydrogens is 232 g/mol. The minimum Gasteiger partial charge on any atom is -0.184 e. The van der Waals surface area contributed by atoms with Crippen LogP contribution in [-0.4, -0.2) is 0 Å². The molecule has 81 valence electrons. The van der Waals surface area contributed by atoms with Gasteiger partial charge in [-0.3, -0.25) is 0 Å².